The zero-order chi connectivity index (χ0) is 20.1. The fourth-order valence-electron chi connectivity index (χ4n) is 3.24. The summed E-state index contributed by atoms with van der Waals surface area (Å²) in [6, 6.07) is 9.81. The van der Waals surface area contributed by atoms with Crippen molar-refractivity contribution in [1.82, 2.24) is 4.90 Å². The van der Waals surface area contributed by atoms with Crippen molar-refractivity contribution in [1.29, 1.82) is 0 Å². The van der Waals surface area contributed by atoms with Gasteiger partial charge in [-0.15, -0.1) is 23.7 Å². The number of rotatable bonds is 7. The lowest BCUT2D eigenvalue weighted by Crippen LogP contribution is -2.35. The van der Waals surface area contributed by atoms with Gasteiger partial charge in [-0.1, -0.05) is 18.2 Å². The Bertz CT molecular complexity index is 839. The number of fused-ring (bicyclic) bond motifs is 1. The first-order valence-corrected chi connectivity index (χ1v) is 10.3. The molecule has 0 bridgehead atoms. The Morgan fingerprint density at radius 2 is 1.97 bits per heavy atom. The molecule has 0 spiro atoms. The molecule has 0 unspecified atom stereocenters. The number of nitrogens with one attached hydrogen (secondary N) is 1. The molecule has 0 radical (unpaired) electrons. The van der Waals surface area contributed by atoms with Gasteiger partial charge in [0.25, 0.3) is 0 Å². The number of esters is 1. The number of methoxy groups -OCH3 is 1. The topological polar surface area (TPSA) is 67.9 Å². The lowest BCUT2D eigenvalue weighted by molar-refractivity contribution is -0.116. The number of ether oxygens (including phenoxy) is 2. The molecule has 0 fully saturated rings. The first-order valence-electron chi connectivity index (χ1n) is 9.44. The van der Waals surface area contributed by atoms with Crippen LogP contribution in [-0.4, -0.2) is 43.1 Å². The van der Waals surface area contributed by atoms with Crippen molar-refractivity contribution in [3.8, 4) is 5.75 Å². The maximum absolute atomic E-state index is 12.4. The summed E-state index contributed by atoms with van der Waals surface area (Å²) in [7, 11) is 1.37. The molecule has 0 aliphatic carbocycles. The summed E-state index contributed by atoms with van der Waals surface area (Å²) in [6.45, 7) is 6.28. The number of amides is 1. The second-order valence-corrected chi connectivity index (χ2v) is 8.08. The third-order valence-electron chi connectivity index (χ3n) is 4.80. The van der Waals surface area contributed by atoms with Gasteiger partial charge < -0.3 is 14.8 Å². The highest BCUT2D eigenvalue weighted by Crippen LogP contribution is 2.38. The number of thiophene rings is 1. The van der Waals surface area contributed by atoms with E-state index in [1.54, 1.807) is 0 Å². The van der Waals surface area contributed by atoms with Gasteiger partial charge in [-0.3, -0.25) is 9.69 Å². The number of halogens is 1. The molecule has 29 heavy (non-hydrogen) atoms. The second kappa shape index (κ2) is 10.6. The molecule has 0 atom stereocenters. The molecule has 2 aromatic rings. The van der Waals surface area contributed by atoms with Gasteiger partial charge in [-0.2, -0.15) is 0 Å². The average Bonchev–Trinajstić information content (AvgIpc) is 3.05. The lowest BCUT2D eigenvalue weighted by Gasteiger charge is -2.30. The molecule has 0 saturated heterocycles. The number of para-hydroxylation sites is 1. The van der Waals surface area contributed by atoms with E-state index in [2.05, 4.69) is 24.1 Å². The molecule has 1 aromatic carbocycles. The van der Waals surface area contributed by atoms with Crippen LogP contribution >= 0.6 is 23.7 Å². The Hall–Kier alpha value is -2.09. The van der Waals surface area contributed by atoms with Crippen LogP contribution in [0, 0.1) is 0 Å². The van der Waals surface area contributed by atoms with Crippen LogP contribution in [-0.2, 0) is 22.5 Å². The number of nitrogens with zero attached hydrogens (tertiary/aromatic N) is 1. The summed E-state index contributed by atoms with van der Waals surface area (Å²) in [5, 5.41) is 3.47. The zero-order valence-corrected chi connectivity index (χ0v) is 18.5. The quantitative estimate of drug-likeness (QED) is 0.658. The molecule has 158 valence electrons. The van der Waals surface area contributed by atoms with Gasteiger partial charge in [0.15, 0.2) is 0 Å². The second-order valence-electron chi connectivity index (χ2n) is 6.97. The molecule has 8 heteroatoms. The standard InChI is InChI=1S/C21H26N2O4S.ClH/c1-14(2)23-11-9-16-17(13-23)28-20(19(16)21(25)26-3)22-18(24)10-12-27-15-7-5-4-6-8-15;/h4-8,14H,9-13H2,1-3H3,(H,22,24);1H. The highest BCUT2D eigenvalue weighted by atomic mass is 35.5. The van der Waals surface area contributed by atoms with Gasteiger partial charge in [-0.05, 0) is 38.0 Å². The van der Waals surface area contributed by atoms with Crippen LogP contribution in [0.4, 0.5) is 5.00 Å². The van der Waals surface area contributed by atoms with E-state index in [-0.39, 0.29) is 31.3 Å². The van der Waals surface area contributed by atoms with Gasteiger partial charge in [0.2, 0.25) is 5.91 Å². The number of carbonyl (C=O) groups is 2. The van der Waals surface area contributed by atoms with E-state index in [9.17, 15) is 9.59 Å². The largest absolute Gasteiger partial charge is 0.493 e. The van der Waals surface area contributed by atoms with E-state index in [1.807, 2.05) is 30.3 Å². The molecular formula is C21H27ClN2O4S. The predicted molar refractivity (Wildman–Crippen MR) is 117 cm³/mol. The van der Waals surface area contributed by atoms with E-state index in [4.69, 9.17) is 9.47 Å². The van der Waals surface area contributed by atoms with Crippen molar-refractivity contribution in [3.05, 3.63) is 46.3 Å². The third-order valence-corrected chi connectivity index (χ3v) is 5.93. The minimum Gasteiger partial charge on any atom is -0.493 e. The van der Waals surface area contributed by atoms with Crippen LogP contribution in [0.1, 0.15) is 41.1 Å². The molecular weight excluding hydrogens is 412 g/mol. The van der Waals surface area contributed by atoms with E-state index < -0.39 is 5.97 Å². The summed E-state index contributed by atoms with van der Waals surface area (Å²) >= 11 is 1.47. The summed E-state index contributed by atoms with van der Waals surface area (Å²) in [5.74, 6) is 0.151. The average molecular weight is 439 g/mol. The Morgan fingerprint density at radius 1 is 1.24 bits per heavy atom. The minimum atomic E-state index is -0.397. The Labute approximate surface area is 181 Å². The van der Waals surface area contributed by atoms with E-state index in [1.165, 1.54) is 18.4 Å². The number of hydrogen-bond acceptors (Lipinski definition) is 6. The summed E-state index contributed by atoms with van der Waals surface area (Å²) in [4.78, 5) is 28.2. The van der Waals surface area contributed by atoms with Crippen LogP contribution in [0.2, 0.25) is 0 Å². The lowest BCUT2D eigenvalue weighted by atomic mass is 10.0. The van der Waals surface area contributed by atoms with Crippen molar-refractivity contribution in [2.24, 2.45) is 0 Å². The predicted octanol–water partition coefficient (Wildman–Crippen LogP) is 4.13. The van der Waals surface area contributed by atoms with E-state index in [0.717, 1.165) is 35.7 Å². The molecule has 1 aliphatic rings. The molecule has 6 nitrogen and oxygen atoms in total. The van der Waals surface area contributed by atoms with Crippen molar-refractivity contribution in [3.63, 3.8) is 0 Å². The summed E-state index contributed by atoms with van der Waals surface area (Å²) in [5.41, 5.74) is 1.51. The summed E-state index contributed by atoms with van der Waals surface area (Å²) in [6.07, 6.45) is 0.984. The SMILES string of the molecule is COC(=O)c1c(NC(=O)CCOc2ccccc2)sc2c1CCN(C(C)C)C2.Cl. The first kappa shape index (κ1) is 23.2. The molecule has 2 heterocycles. The van der Waals surface area contributed by atoms with E-state index in [0.29, 0.717) is 16.6 Å². The molecule has 0 saturated carbocycles. The minimum absolute atomic E-state index is 0. The smallest absolute Gasteiger partial charge is 0.341 e. The Morgan fingerprint density at radius 3 is 2.62 bits per heavy atom. The normalized spacial score (nSPS) is 13.4. The van der Waals surface area contributed by atoms with Gasteiger partial charge in [0.1, 0.15) is 10.8 Å². The molecule has 3 rings (SSSR count). The maximum atomic E-state index is 12.4. The van der Waals surface area contributed by atoms with Crippen molar-refractivity contribution in [2.75, 3.05) is 25.6 Å². The van der Waals surface area contributed by atoms with Crippen LogP contribution in [0.25, 0.3) is 0 Å². The van der Waals surface area contributed by atoms with Crippen LogP contribution in [0.15, 0.2) is 30.3 Å². The fourth-order valence-corrected chi connectivity index (χ4v) is 4.52. The first-order chi connectivity index (χ1) is 13.5. The Balaban J connectivity index is 0.00000300. The molecule has 1 amide bonds. The van der Waals surface area contributed by atoms with Crippen molar-refractivity contribution >= 4 is 40.6 Å². The van der Waals surface area contributed by atoms with Crippen LogP contribution < -0.4 is 10.1 Å². The van der Waals surface area contributed by atoms with Crippen LogP contribution in [0.5, 0.6) is 5.75 Å². The van der Waals surface area contributed by atoms with Gasteiger partial charge >= 0.3 is 5.97 Å². The highest BCUT2D eigenvalue weighted by molar-refractivity contribution is 7.17. The third kappa shape index (κ3) is 5.72. The van der Waals surface area contributed by atoms with Gasteiger partial charge in [0, 0.05) is 24.0 Å². The molecule has 1 aliphatic heterocycles. The van der Waals surface area contributed by atoms with Gasteiger partial charge in [0.05, 0.1) is 25.7 Å². The highest BCUT2D eigenvalue weighted by Gasteiger charge is 2.29. The monoisotopic (exact) mass is 438 g/mol. The van der Waals surface area contributed by atoms with E-state index >= 15 is 0 Å². The number of carbonyl (C=O) groups excluding carboxylic acids is 2. The molecule has 1 aromatic heterocycles. The van der Waals surface area contributed by atoms with Crippen molar-refractivity contribution < 1.29 is 19.1 Å². The van der Waals surface area contributed by atoms with Crippen molar-refractivity contribution in [2.45, 2.75) is 39.3 Å². The molecule has 1 N–H and O–H groups in total. The number of benzene rings is 1. The zero-order valence-electron chi connectivity index (χ0n) is 16.9. The maximum Gasteiger partial charge on any atom is 0.341 e. The number of hydrogen-bond donors (Lipinski definition) is 1. The fraction of sp³-hybridized carbons (Fsp3) is 0.429. The van der Waals surface area contributed by atoms with Crippen LogP contribution in [0.3, 0.4) is 0 Å². The Kier molecular flexibility index (Phi) is 8.49. The number of anilines is 1. The summed E-state index contributed by atoms with van der Waals surface area (Å²) < 4.78 is 10.6. The van der Waals surface area contributed by atoms with Gasteiger partial charge in [-0.25, -0.2) is 4.79 Å².